The van der Waals surface area contributed by atoms with Gasteiger partial charge in [0.05, 0.1) is 29.4 Å². The van der Waals surface area contributed by atoms with Gasteiger partial charge in [0.2, 0.25) is 5.91 Å². The van der Waals surface area contributed by atoms with Gasteiger partial charge in [-0.25, -0.2) is 9.78 Å². The molecule has 1 aromatic heterocycles. The van der Waals surface area contributed by atoms with Crippen molar-refractivity contribution >= 4 is 34.7 Å². The number of aromatic nitrogens is 2. The van der Waals surface area contributed by atoms with Crippen LogP contribution >= 0.6 is 0 Å². The van der Waals surface area contributed by atoms with Crippen LogP contribution in [-0.2, 0) is 11.4 Å². The monoisotopic (exact) mass is 443 g/mol. The molecule has 0 aliphatic carbocycles. The molecule has 0 aliphatic heterocycles. The highest BCUT2D eigenvalue weighted by Crippen LogP contribution is 2.29. The molecule has 4 rings (SSSR count). The third kappa shape index (κ3) is 5.19. The molecule has 3 N–H and O–H groups in total. The van der Waals surface area contributed by atoms with E-state index >= 15 is 0 Å². The summed E-state index contributed by atoms with van der Waals surface area (Å²) >= 11 is 0. The van der Waals surface area contributed by atoms with E-state index in [0.717, 1.165) is 11.0 Å². The highest BCUT2D eigenvalue weighted by molar-refractivity contribution is 6.06. The fourth-order valence-electron chi connectivity index (χ4n) is 3.25. The number of rotatable bonds is 8. The molecule has 0 saturated carbocycles. The molecule has 0 spiro atoms. The smallest absolute Gasteiger partial charge is 0.337 e. The van der Waals surface area contributed by atoms with E-state index in [0.29, 0.717) is 22.9 Å². The molecule has 1 amide bonds. The van der Waals surface area contributed by atoms with E-state index < -0.39 is 11.9 Å². The van der Waals surface area contributed by atoms with Crippen LogP contribution in [0.3, 0.4) is 0 Å². The molecule has 33 heavy (non-hydrogen) atoms. The van der Waals surface area contributed by atoms with Gasteiger partial charge in [-0.15, -0.1) is 0 Å². The Bertz CT molecular complexity index is 1310. The molecule has 0 fully saturated rings. The highest BCUT2D eigenvalue weighted by atomic mass is 16.5. The van der Waals surface area contributed by atoms with Crippen molar-refractivity contribution in [1.82, 2.24) is 9.97 Å². The maximum atomic E-state index is 12.3. The number of anilines is 1. The van der Waals surface area contributed by atoms with Gasteiger partial charge in [-0.05, 0) is 48.0 Å². The minimum atomic E-state index is -1.11. The van der Waals surface area contributed by atoms with Crippen LogP contribution < -0.4 is 14.8 Å². The van der Waals surface area contributed by atoms with Crippen LogP contribution in [0.4, 0.5) is 5.69 Å². The summed E-state index contributed by atoms with van der Waals surface area (Å²) in [4.78, 5) is 31.2. The van der Waals surface area contributed by atoms with E-state index in [1.54, 1.807) is 36.4 Å². The lowest BCUT2D eigenvalue weighted by atomic mass is 10.1. The first-order valence-electron chi connectivity index (χ1n) is 10.1. The van der Waals surface area contributed by atoms with Gasteiger partial charge in [-0.1, -0.05) is 30.3 Å². The molecule has 8 heteroatoms. The lowest BCUT2D eigenvalue weighted by molar-refractivity contribution is -0.111. The second-order valence-electron chi connectivity index (χ2n) is 7.07. The number of fused-ring (bicyclic) bond motifs is 1. The zero-order valence-corrected chi connectivity index (χ0v) is 17.7. The van der Waals surface area contributed by atoms with Crippen molar-refractivity contribution in [2.24, 2.45) is 0 Å². The molecule has 0 bridgehead atoms. The molecular formula is C25H21N3O5. The summed E-state index contributed by atoms with van der Waals surface area (Å²) in [5, 5.41) is 11.8. The number of ether oxygens (including phenoxy) is 2. The van der Waals surface area contributed by atoms with Gasteiger partial charge in [0.1, 0.15) is 12.4 Å². The average molecular weight is 443 g/mol. The second kappa shape index (κ2) is 9.69. The van der Waals surface area contributed by atoms with Gasteiger partial charge in [0.15, 0.2) is 11.5 Å². The molecule has 4 aromatic rings. The topological polar surface area (TPSA) is 114 Å². The molecule has 166 valence electrons. The summed E-state index contributed by atoms with van der Waals surface area (Å²) in [7, 11) is 1.53. The number of carbonyl (C=O) groups is 2. The van der Waals surface area contributed by atoms with Crippen molar-refractivity contribution < 1.29 is 24.2 Å². The molecule has 0 unspecified atom stereocenters. The van der Waals surface area contributed by atoms with Crippen molar-refractivity contribution in [2.75, 3.05) is 12.4 Å². The average Bonchev–Trinajstić information content (AvgIpc) is 3.25. The quantitative estimate of drug-likeness (QED) is 0.346. The summed E-state index contributed by atoms with van der Waals surface area (Å²) in [5.41, 5.74) is 2.77. The Morgan fingerprint density at radius 1 is 1.06 bits per heavy atom. The number of carbonyl (C=O) groups excluding carboxylic acids is 1. The van der Waals surface area contributed by atoms with E-state index in [2.05, 4.69) is 15.3 Å². The zero-order chi connectivity index (χ0) is 23.2. The second-order valence-corrected chi connectivity index (χ2v) is 7.07. The van der Waals surface area contributed by atoms with Crippen LogP contribution in [0.25, 0.3) is 17.1 Å². The fraction of sp³-hybridized carbons (Fsp3) is 0.0800. The lowest BCUT2D eigenvalue weighted by Crippen LogP contribution is -2.11. The molecular weight excluding hydrogens is 422 g/mol. The van der Waals surface area contributed by atoms with Crippen LogP contribution in [-0.4, -0.2) is 34.1 Å². The maximum Gasteiger partial charge on any atom is 0.337 e. The van der Waals surface area contributed by atoms with Crippen molar-refractivity contribution in [1.29, 1.82) is 0 Å². The summed E-state index contributed by atoms with van der Waals surface area (Å²) in [6, 6.07) is 19.2. The Hall–Kier alpha value is -4.59. The Kier molecular flexibility index (Phi) is 6.36. The van der Waals surface area contributed by atoms with Crippen molar-refractivity contribution in [3.8, 4) is 11.5 Å². The van der Waals surface area contributed by atoms with Crippen molar-refractivity contribution in [3.63, 3.8) is 0 Å². The fourth-order valence-corrected chi connectivity index (χ4v) is 3.25. The first-order chi connectivity index (χ1) is 16.0. The van der Waals surface area contributed by atoms with Crippen LogP contribution in [0, 0.1) is 0 Å². The molecule has 0 radical (unpaired) electrons. The molecule has 8 nitrogen and oxygen atoms in total. The molecule has 3 aromatic carbocycles. The number of imidazole rings is 1. The minimum Gasteiger partial charge on any atom is -0.493 e. The predicted molar refractivity (Wildman–Crippen MR) is 124 cm³/mol. The first kappa shape index (κ1) is 21.6. The van der Waals surface area contributed by atoms with Crippen LogP contribution in [0.1, 0.15) is 21.7 Å². The predicted octanol–water partition coefficient (Wildman–Crippen LogP) is 4.50. The van der Waals surface area contributed by atoms with E-state index in [4.69, 9.17) is 9.47 Å². The number of nitrogens with zero attached hydrogens (tertiary/aromatic N) is 1. The summed E-state index contributed by atoms with van der Waals surface area (Å²) in [6.45, 7) is 0.242. The molecule has 0 atom stereocenters. The van der Waals surface area contributed by atoms with Gasteiger partial charge in [0, 0.05) is 6.08 Å². The Balaban J connectivity index is 1.42. The number of nitrogens with one attached hydrogen (secondary N) is 2. The van der Waals surface area contributed by atoms with Gasteiger partial charge in [-0.3, -0.25) is 4.79 Å². The minimum absolute atomic E-state index is 0.0203. The first-order valence-corrected chi connectivity index (χ1v) is 10.1. The van der Waals surface area contributed by atoms with Gasteiger partial charge < -0.3 is 24.9 Å². The maximum absolute atomic E-state index is 12.3. The summed E-state index contributed by atoms with van der Waals surface area (Å²) < 4.78 is 11.3. The number of para-hydroxylation sites is 3. The number of hydrogen-bond acceptors (Lipinski definition) is 5. The number of amides is 1. The van der Waals surface area contributed by atoms with Crippen LogP contribution in [0.2, 0.25) is 0 Å². The number of hydrogen-bond donors (Lipinski definition) is 3. The van der Waals surface area contributed by atoms with Crippen LogP contribution in [0.5, 0.6) is 11.5 Å². The third-order valence-corrected chi connectivity index (χ3v) is 4.83. The van der Waals surface area contributed by atoms with E-state index in [9.17, 15) is 14.7 Å². The Morgan fingerprint density at radius 2 is 1.85 bits per heavy atom. The van der Waals surface area contributed by atoms with Gasteiger partial charge in [-0.2, -0.15) is 0 Å². The van der Waals surface area contributed by atoms with E-state index in [-0.39, 0.29) is 17.9 Å². The normalized spacial score (nSPS) is 10.9. The lowest BCUT2D eigenvalue weighted by Gasteiger charge is -2.10. The Labute approximate surface area is 189 Å². The molecule has 0 aliphatic rings. The number of aromatic carboxylic acids is 1. The van der Waals surface area contributed by atoms with Crippen molar-refractivity contribution in [2.45, 2.75) is 6.61 Å². The summed E-state index contributed by atoms with van der Waals surface area (Å²) in [5.74, 6) is 0.172. The van der Waals surface area contributed by atoms with E-state index in [1.807, 2.05) is 24.3 Å². The molecule has 1 heterocycles. The van der Waals surface area contributed by atoms with Gasteiger partial charge >= 0.3 is 5.97 Å². The Morgan fingerprint density at radius 3 is 2.64 bits per heavy atom. The number of methoxy groups -OCH3 is 1. The van der Waals surface area contributed by atoms with Crippen LogP contribution in [0.15, 0.2) is 72.8 Å². The third-order valence-electron chi connectivity index (χ3n) is 4.83. The van der Waals surface area contributed by atoms with E-state index in [1.165, 1.54) is 25.3 Å². The highest BCUT2D eigenvalue weighted by Gasteiger charge is 2.11. The molecule has 0 saturated heterocycles. The van der Waals surface area contributed by atoms with Gasteiger partial charge in [0.25, 0.3) is 0 Å². The largest absolute Gasteiger partial charge is 0.493 e. The number of carboxylic acids is 1. The number of carboxylic acid groups (broad SMARTS) is 1. The number of benzene rings is 3. The number of H-pyrrole nitrogens is 1. The zero-order valence-electron chi connectivity index (χ0n) is 17.7. The number of aromatic amines is 1. The van der Waals surface area contributed by atoms with Crippen molar-refractivity contribution in [3.05, 3.63) is 89.8 Å². The summed E-state index contributed by atoms with van der Waals surface area (Å²) in [6.07, 6.45) is 2.92. The standard InChI is InChI=1S/C25H21N3O5/c1-32-22-14-16(11-13-24(29)28-18-7-3-2-6-17(18)25(30)31)10-12-21(22)33-15-23-26-19-8-4-5-9-20(19)27-23/h2-14H,15H2,1H3,(H,26,27)(H,28,29)(H,30,31)/b13-11+. The SMILES string of the molecule is COc1cc(/C=C/C(=O)Nc2ccccc2C(=O)O)ccc1OCc1nc2ccccc2[nH]1.